The molecule has 0 bridgehead atoms. The predicted molar refractivity (Wildman–Crippen MR) is 108 cm³/mol. The number of rotatable bonds is 14. The number of hydrogen-bond acceptors (Lipinski definition) is 2. The van der Waals surface area contributed by atoms with Crippen molar-refractivity contribution in [1.29, 1.82) is 0 Å². The van der Waals surface area contributed by atoms with Crippen LogP contribution in [-0.2, 0) is 16.5 Å². The summed E-state index contributed by atoms with van der Waals surface area (Å²) >= 11 is 0. The topological polar surface area (TPSA) is 54.4 Å². The Bertz CT molecular complexity index is 526. The van der Waals surface area contributed by atoms with Crippen LogP contribution in [0.15, 0.2) is 29.2 Å². The summed E-state index contributed by atoms with van der Waals surface area (Å²) in [6.45, 7) is 2.26. The van der Waals surface area contributed by atoms with Crippen molar-refractivity contribution < 1.29 is 13.0 Å². The standard InChI is InChI=1S/C20H34O3S.Na.H/c1-2-3-4-5-6-7-8-9-10-11-12-13-14-19-15-17-20(18-16-19)24(21,22)23;;/h15-18H,2-14H2,1H3,(H,21,22,23);;. The van der Waals surface area contributed by atoms with Crippen LogP contribution in [-0.4, -0.2) is 42.5 Å². The molecule has 0 saturated carbocycles. The summed E-state index contributed by atoms with van der Waals surface area (Å²) < 4.78 is 30.9. The van der Waals surface area contributed by atoms with E-state index in [1.54, 1.807) is 12.1 Å². The van der Waals surface area contributed by atoms with Gasteiger partial charge in [-0.3, -0.25) is 4.55 Å². The van der Waals surface area contributed by atoms with Crippen molar-refractivity contribution in [2.45, 2.75) is 95.3 Å². The molecule has 1 aromatic rings. The molecule has 0 unspecified atom stereocenters. The van der Waals surface area contributed by atoms with Gasteiger partial charge in [-0.15, -0.1) is 0 Å². The van der Waals surface area contributed by atoms with Crippen LogP contribution in [0.3, 0.4) is 0 Å². The van der Waals surface area contributed by atoms with Gasteiger partial charge >= 0.3 is 29.6 Å². The molecule has 0 aliphatic rings. The summed E-state index contributed by atoms with van der Waals surface area (Å²) in [5.41, 5.74) is 1.13. The fourth-order valence-corrected chi connectivity index (χ4v) is 3.48. The molecule has 0 saturated heterocycles. The Balaban J connectivity index is 0.00000576. The summed E-state index contributed by atoms with van der Waals surface area (Å²) in [7, 11) is -4.07. The first-order chi connectivity index (χ1) is 11.5. The van der Waals surface area contributed by atoms with Crippen LogP contribution in [0.5, 0.6) is 0 Å². The molecule has 0 heterocycles. The Morgan fingerprint density at radius 3 is 1.52 bits per heavy atom. The Morgan fingerprint density at radius 1 is 0.720 bits per heavy atom. The molecule has 1 aromatic carbocycles. The predicted octanol–water partition coefficient (Wildman–Crippen LogP) is 5.53. The van der Waals surface area contributed by atoms with Crippen LogP contribution in [0.1, 0.15) is 89.5 Å². The molecule has 0 atom stereocenters. The Morgan fingerprint density at radius 2 is 1.12 bits per heavy atom. The fourth-order valence-electron chi connectivity index (χ4n) is 3.00. The van der Waals surface area contributed by atoms with Gasteiger partial charge in [-0.25, -0.2) is 0 Å². The maximum atomic E-state index is 11.0. The van der Waals surface area contributed by atoms with E-state index in [-0.39, 0.29) is 34.5 Å². The zero-order valence-corrected chi connectivity index (χ0v) is 16.0. The summed E-state index contributed by atoms with van der Waals surface area (Å²) in [5, 5.41) is 0. The first-order valence-electron chi connectivity index (χ1n) is 9.60. The van der Waals surface area contributed by atoms with Gasteiger partial charge < -0.3 is 0 Å². The molecule has 0 fully saturated rings. The SMILES string of the molecule is CCCCCCCCCCCCCCc1ccc(S(=O)(=O)O)cc1.[NaH]. The van der Waals surface area contributed by atoms with Crippen molar-refractivity contribution in [3.8, 4) is 0 Å². The third-order valence-corrected chi connectivity index (χ3v) is 5.41. The second kappa shape index (κ2) is 15.2. The van der Waals surface area contributed by atoms with E-state index in [1.807, 2.05) is 0 Å². The fraction of sp³-hybridized carbons (Fsp3) is 0.700. The van der Waals surface area contributed by atoms with E-state index in [0.717, 1.165) is 18.4 Å². The molecule has 0 spiro atoms. The van der Waals surface area contributed by atoms with Gasteiger partial charge in [0.1, 0.15) is 0 Å². The minimum absolute atomic E-state index is 0. The second-order valence-corrected chi connectivity index (χ2v) is 8.18. The molecule has 140 valence electrons. The molecule has 0 aliphatic carbocycles. The van der Waals surface area contributed by atoms with Gasteiger partial charge in [-0.05, 0) is 30.5 Å². The van der Waals surface area contributed by atoms with E-state index in [4.69, 9.17) is 4.55 Å². The molecule has 0 amide bonds. The van der Waals surface area contributed by atoms with Gasteiger partial charge in [0.05, 0.1) is 4.90 Å². The molecular formula is C20H35NaO3S. The van der Waals surface area contributed by atoms with Gasteiger partial charge in [0, 0.05) is 0 Å². The third-order valence-electron chi connectivity index (χ3n) is 4.54. The van der Waals surface area contributed by atoms with Crippen molar-refractivity contribution in [2.75, 3.05) is 0 Å². The molecule has 5 heteroatoms. The summed E-state index contributed by atoms with van der Waals surface area (Å²) in [5.74, 6) is 0. The van der Waals surface area contributed by atoms with Crippen LogP contribution in [0, 0.1) is 0 Å². The van der Waals surface area contributed by atoms with E-state index < -0.39 is 10.1 Å². The van der Waals surface area contributed by atoms with Crippen molar-refractivity contribution in [3.63, 3.8) is 0 Å². The van der Waals surface area contributed by atoms with E-state index in [1.165, 1.54) is 82.8 Å². The monoisotopic (exact) mass is 378 g/mol. The third kappa shape index (κ3) is 13.0. The van der Waals surface area contributed by atoms with Gasteiger partial charge in [0.25, 0.3) is 10.1 Å². The molecular weight excluding hydrogens is 343 g/mol. The Kier molecular flexibility index (Phi) is 15.3. The summed E-state index contributed by atoms with van der Waals surface area (Å²) in [4.78, 5) is -0.0269. The quantitative estimate of drug-likeness (QED) is 0.263. The van der Waals surface area contributed by atoms with Gasteiger partial charge in [-0.1, -0.05) is 89.7 Å². The average molecular weight is 379 g/mol. The van der Waals surface area contributed by atoms with Crippen LogP contribution >= 0.6 is 0 Å². The number of hydrogen-bond donors (Lipinski definition) is 1. The van der Waals surface area contributed by atoms with Crippen molar-refractivity contribution in [2.24, 2.45) is 0 Å². The number of benzene rings is 1. The minimum atomic E-state index is -4.07. The first kappa shape index (κ1) is 25.1. The number of aryl methyl sites for hydroxylation is 1. The first-order valence-corrected chi connectivity index (χ1v) is 11.0. The second-order valence-electron chi connectivity index (χ2n) is 6.76. The zero-order chi connectivity index (χ0) is 17.7. The van der Waals surface area contributed by atoms with Crippen molar-refractivity contribution in [1.82, 2.24) is 0 Å². The number of unbranched alkanes of at least 4 members (excludes halogenated alkanes) is 11. The van der Waals surface area contributed by atoms with Gasteiger partial charge in [-0.2, -0.15) is 8.42 Å². The summed E-state index contributed by atoms with van der Waals surface area (Å²) in [6, 6.07) is 6.54. The van der Waals surface area contributed by atoms with Gasteiger partial charge in [0.15, 0.2) is 0 Å². The summed E-state index contributed by atoms with van der Waals surface area (Å²) in [6.07, 6.45) is 17.0. The molecule has 0 aliphatic heterocycles. The van der Waals surface area contributed by atoms with E-state index in [0.29, 0.717) is 0 Å². The zero-order valence-electron chi connectivity index (χ0n) is 15.2. The van der Waals surface area contributed by atoms with E-state index in [9.17, 15) is 8.42 Å². The van der Waals surface area contributed by atoms with Crippen molar-refractivity contribution >= 4 is 39.7 Å². The van der Waals surface area contributed by atoms with Crippen LogP contribution < -0.4 is 0 Å². The average Bonchev–Trinajstić information content (AvgIpc) is 2.55. The van der Waals surface area contributed by atoms with Crippen LogP contribution in [0.4, 0.5) is 0 Å². The normalized spacial score (nSPS) is 11.3. The molecule has 0 radical (unpaired) electrons. The van der Waals surface area contributed by atoms with Crippen LogP contribution in [0.2, 0.25) is 0 Å². The molecule has 3 nitrogen and oxygen atoms in total. The molecule has 25 heavy (non-hydrogen) atoms. The molecule has 1 N–H and O–H groups in total. The van der Waals surface area contributed by atoms with E-state index >= 15 is 0 Å². The van der Waals surface area contributed by atoms with Crippen LogP contribution in [0.25, 0.3) is 0 Å². The van der Waals surface area contributed by atoms with E-state index in [2.05, 4.69) is 6.92 Å². The maximum absolute atomic E-state index is 11.0. The molecule has 0 aromatic heterocycles. The molecule has 1 rings (SSSR count). The van der Waals surface area contributed by atoms with Gasteiger partial charge in [0.2, 0.25) is 0 Å². The Hall–Kier alpha value is 0.130. The van der Waals surface area contributed by atoms with Crippen molar-refractivity contribution in [3.05, 3.63) is 29.8 Å². The Labute approximate surface area is 177 Å².